The Labute approximate surface area is 126 Å². The van der Waals surface area contributed by atoms with Crippen LogP contribution in [0.2, 0.25) is 0 Å². The fourth-order valence-electron chi connectivity index (χ4n) is 2.58. The fraction of sp³-hybridized carbons (Fsp3) is 0.600. The van der Waals surface area contributed by atoms with Gasteiger partial charge in [-0.2, -0.15) is 0 Å². The lowest BCUT2D eigenvalue weighted by Gasteiger charge is -2.17. The zero-order chi connectivity index (χ0) is 15.3. The van der Waals surface area contributed by atoms with Gasteiger partial charge in [-0.15, -0.1) is 0 Å². The average Bonchev–Trinajstić information content (AvgIpc) is 2.84. The maximum absolute atomic E-state index is 12.3. The normalized spacial score (nSPS) is 22.4. The first-order chi connectivity index (χ1) is 10.0. The van der Waals surface area contributed by atoms with Crippen LogP contribution in [-0.4, -0.2) is 27.6 Å². The van der Waals surface area contributed by atoms with Crippen molar-refractivity contribution < 1.29 is 13.2 Å². The molecular formula is C15H24N2O3S. The van der Waals surface area contributed by atoms with Crippen molar-refractivity contribution in [3.63, 3.8) is 0 Å². The average molecular weight is 312 g/mol. The molecule has 0 heterocycles. The Hall–Kier alpha value is -1.11. The molecule has 5 nitrogen and oxygen atoms in total. The van der Waals surface area contributed by atoms with Gasteiger partial charge in [0.2, 0.25) is 10.0 Å². The Morgan fingerprint density at radius 2 is 2.00 bits per heavy atom. The summed E-state index contributed by atoms with van der Waals surface area (Å²) in [7, 11) is -3.44. The van der Waals surface area contributed by atoms with E-state index < -0.39 is 10.0 Å². The predicted molar refractivity (Wildman–Crippen MR) is 82.7 cm³/mol. The summed E-state index contributed by atoms with van der Waals surface area (Å²) in [4.78, 5) is 0.285. The molecular weight excluding hydrogens is 288 g/mol. The highest BCUT2D eigenvalue weighted by atomic mass is 32.2. The van der Waals surface area contributed by atoms with E-state index in [4.69, 9.17) is 10.5 Å². The third kappa shape index (κ3) is 4.43. The molecule has 0 spiro atoms. The van der Waals surface area contributed by atoms with Crippen LogP contribution in [0, 0.1) is 5.92 Å². The molecule has 2 rings (SSSR count). The van der Waals surface area contributed by atoms with Crippen LogP contribution >= 0.6 is 0 Å². The number of ether oxygens (including phenoxy) is 1. The second-order valence-corrected chi connectivity index (χ2v) is 7.31. The number of hydrogen-bond acceptors (Lipinski definition) is 4. The molecule has 6 heteroatoms. The van der Waals surface area contributed by atoms with Crippen LogP contribution in [0.4, 0.5) is 0 Å². The molecule has 1 aliphatic carbocycles. The van der Waals surface area contributed by atoms with Crippen LogP contribution in [0.1, 0.15) is 32.6 Å². The summed E-state index contributed by atoms with van der Waals surface area (Å²) in [5.74, 6) is 1.07. The number of rotatable bonds is 7. The van der Waals surface area contributed by atoms with Gasteiger partial charge >= 0.3 is 0 Å². The van der Waals surface area contributed by atoms with Crippen molar-refractivity contribution in [3.8, 4) is 5.75 Å². The van der Waals surface area contributed by atoms with Crippen LogP contribution in [-0.2, 0) is 10.0 Å². The van der Waals surface area contributed by atoms with Crippen molar-refractivity contribution in [2.45, 2.75) is 43.5 Å². The molecule has 1 aromatic rings. The molecule has 2 unspecified atom stereocenters. The number of benzene rings is 1. The first kappa shape index (κ1) is 16.3. The molecule has 2 atom stereocenters. The summed E-state index contributed by atoms with van der Waals surface area (Å²) in [6.45, 7) is 3.21. The Morgan fingerprint density at radius 1 is 1.29 bits per heavy atom. The van der Waals surface area contributed by atoms with Crippen molar-refractivity contribution in [2.24, 2.45) is 11.7 Å². The SMILES string of the molecule is CC1CCCC1NS(=O)(=O)c1ccc(OCCCN)cc1. The number of sulfonamides is 1. The van der Waals surface area contributed by atoms with E-state index in [-0.39, 0.29) is 10.9 Å². The Bertz CT molecular complexity index is 543. The Balaban J connectivity index is 1.99. The molecule has 1 fully saturated rings. The van der Waals surface area contributed by atoms with Gasteiger partial charge in [-0.3, -0.25) is 0 Å². The zero-order valence-electron chi connectivity index (χ0n) is 12.4. The lowest BCUT2D eigenvalue weighted by molar-refractivity contribution is 0.313. The van der Waals surface area contributed by atoms with Crippen LogP contribution in [0.25, 0.3) is 0 Å². The molecule has 0 amide bonds. The minimum absolute atomic E-state index is 0.0514. The van der Waals surface area contributed by atoms with Crippen molar-refractivity contribution >= 4 is 10.0 Å². The molecule has 3 N–H and O–H groups in total. The maximum atomic E-state index is 12.3. The molecule has 0 aromatic heterocycles. The molecule has 1 aromatic carbocycles. The van der Waals surface area contributed by atoms with E-state index >= 15 is 0 Å². The molecule has 0 bridgehead atoms. The molecule has 118 valence electrons. The zero-order valence-corrected chi connectivity index (χ0v) is 13.2. The van der Waals surface area contributed by atoms with E-state index in [1.807, 2.05) is 0 Å². The number of hydrogen-bond donors (Lipinski definition) is 2. The summed E-state index contributed by atoms with van der Waals surface area (Å²) in [6, 6.07) is 6.58. The Morgan fingerprint density at radius 3 is 2.57 bits per heavy atom. The van der Waals surface area contributed by atoms with E-state index in [0.29, 0.717) is 24.8 Å². The summed E-state index contributed by atoms with van der Waals surface area (Å²) < 4.78 is 33.0. The van der Waals surface area contributed by atoms with Crippen LogP contribution in [0.5, 0.6) is 5.75 Å². The van der Waals surface area contributed by atoms with Gasteiger partial charge in [-0.1, -0.05) is 13.3 Å². The molecule has 0 saturated heterocycles. The second-order valence-electron chi connectivity index (χ2n) is 5.60. The van der Waals surface area contributed by atoms with Crippen LogP contribution in [0.15, 0.2) is 29.2 Å². The van der Waals surface area contributed by atoms with Crippen molar-refractivity contribution in [2.75, 3.05) is 13.2 Å². The first-order valence-corrected chi connectivity index (χ1v) is 8.96. The highest BCUT2D eigenvalue weighted by Gasteiger charge is 2.28. The van der Waals surface area contributed by atoms with Crippen LogP contribution < -0.4 is 15.2 Å². The lowest BCUT2D eigenvalue weighted by Crippen LogP contribution is -2.36. The third-order valence-corrected chi connectivity index (χ3v) is 5.43. The number of nitrogens with one attached hydrogen (secondary N) is 1. The van der Waals surface area contributed by atoms with Gasteiger partial charge in [-0.05, 0) is 56.0 Å². The van der Waals surface area contributed by atoms with Crippen molar-refractivity contribution in [3.05, 3.63) is 24.3 Å². The minimum Gasteiger partial charge on any atom is -0.494 e. The predicted octanol–water partition coefficient (Wildman–Crippen LogP) is 1.88. The summed E-state index contributed by atoms with van der Waals surface area (Å²) in [5.41, 5.74) is 5.40. The van der Waals surface area contributed by atoms with Crippen LogP contribution in [0.3, 0.4) is 0 Å². The van der Waals surface area contributed by atoms with E-state index in [2.05, 4.69) is 11.6 Å². The second kappa shape index (κ2) is 7.24. The molecule has 1 saturated carbocycles. The summed E-state index contributed by atoms with van der Waals surface area (Å²) in [5, 5.41) is 0. The van der Waals surface area contributed by atoms with Gasteiger partial charge in [0.25, 0.3) is 0 Å². The summed E-state index contributed by atoms with van der Waals surface area (Å²) in [6.07, 6.45) is 3.87. The largest absolute Gasteiger partial charge is 0.494 e. The topological polar surface area (TPSA) is 81.4 Å². The monoisotopic (exact) mass is 312 g/mol. The lowest BCUT2D eigenvalue weighted by atomic mass is 10.1. The highest BCUT2D eigenvalue weighted by molar-refractivity contribution is 7.89. The fourth-order valence-corrected chi connectivity index (χ4v) is 3.96. The van der Waals surface area contributed by atoms with E-state index in [9.17, 15) is 8.42 Å². The van der Waals surface area contributed by atoms with Crippen molar-refractivity contribution in [1.82, 2.24) is 4.72 Å². The van der Waals surface area contributed by atoms with Gasteiger partial charge in [-0.25, -0.2) is 13.1 Å². The summed E-state index contributed by atoms with van der Waals surface area (Å²) >= 11 is 0. The highest BCUT2D eigenvalue weighted by Crippen LogP contribution is 2.26. The van der Waals surface area contributed by atoms with E-state index in [0.717, 1.165) is 25.7 Å². The van der Waals surface area contributed by atoms with Gasteiger partial charge in [0.05, 0.1) is 11.5 Å². The number of nitrogens with two attached hydrogens (primary N) is 1. The molecule has 1 aliphatic rings. The third-order valence-electron chi connectivity index (χ3n) is 3.92. The van der Waals surface area contributed by atoms with Gasteiger partial charge in [0.1, 0.15) is 5.75 Å². The first-order valence-electron chi connectivity index (χ1n) is 7.48. The van der Waals surface area contributed by atoms with E-state index in [1.54, 1.807) is 24.3 Å². The molecule has 0 aliphatic heterocycles. The molecule has 21 heavy (non-hydrogen) atoms. The smallest absolute Gasteiger partial charge is 0.240 e. The van der Waals surface area contributed by atoms with Crippen molar-refractivity contribution in [1.29, 1.82) is 0 Å². The standard InChI is InChI=1S/C15H24N2O3S/c1-12-4-2-5-15(12)17-21(18,19)14-8-6-13(7-9-14)20-11-3-10-16/h6-9,12,15,17H,2-5,10-11,16H2,1H3. The maximum Gasteiger partial charge on any atom is 0.240 e. The molecule has 0 radical (unpaired) electrons. The van der Waals surface area contributed by atoms with Gasteiger partial charge in [0.15, 0.2) is 0 Å². The van der Waals surface area contributed by atoms with Gasteiger partial charge < -0.3 is 10.5 Å². The minimum atomic E-state index is -3.44. The van der Waals surface area contributed by atoms with E-state index in [1.165, 1.54) is 0 Å². The van der Waals surface area contributed by atoms with Gasteiger partial charge in [0, 0.05) is 6.04 Å². The Kier molecular flexibility index (Phi) is 5.61. The quantitative estimate of drug-likeness (QED) is 0.753.